The summed E-state index contributed by atoms with van der Waals surface area (Å²) in [4.78, 5) is 0. The van der Waals surface area contributed by atoms with Crippen LogP contribution in [0.1, 0.15) is 44.3 Å². The average molecular weight is 264 g/mol. The molecule has 19 heavy (non-hydrogen) atoms. The van der Waals surface area contributed by atoms with E-state index in [1.54, 1.807) is 19.1 Å². The van der Waals surface area contributed by atoms with Crippen LogP contribution in [0, 0.1) is 23.6 Å². The maximum Gasteiger partial charge on any atom is 0.165 e. The van der Waals surface area contributed by atoms with Crippen LogP contribution in [-0.2, 0) is 0 Å². The molecule has 104 valence electrons. The zero-order chi connectivity index (χ0) is 13.4. The molecular weight excluding hydrogens is 243 g/mol. The quantitative estimate of drug-likeness (QED) is 0.898. The third-order valence-corrected chi connectivity index (χ3v) is 4.78. The molecule has 0 heterocycles. The van der Waals surface area contributed by atoms with Gasteiger partial charge in [0.15, 0.2) is 11.6 Å². The van der Waals surface area contributed by atoms with Gasteiger partial charge in [0.25, 0.3) is 0 Å². The first kappa shape index (κ1) is 12.9. The number of benzene rings is 1. The maximum absolute atomic E-state index is 13.8. The SMILES string of the molecule is C[C@@H](O)c1ccc(OCC2CC3CCC2C3)c(F)c1. The second kappa shape index (κ2) is 5.12. The second-order valence-corrected chi connectivity index (χ2v) is 6.11. The molecule has 1 aromatic rings. The van der Waals surface area contributed by atoms with Gasteiger partial charge in [0.2, 0.25) is 0 Å². The molecule has 0 aliphatic heterocycles. The second-order valence-electron chi connectivity index (χ2n) is 6.11. The molecule has 2 saturated carbocycles. The van der Waals surface area contributed by atoms with Crippen molar-refractivity contribution in [1.82, 2.24) is 0 Å². The zero-order valence-electron chi connectivity index (χ0n) is 11.3. The fourth-order valence-corrected chi connectivity index (χ4v) is 3.67. The summed E-state index contributed by atoms with van der Waals surface area (Å²) in [6.45, 7) is 2.26. The molecule has 1 aromatic carbocycles. The number of rotatable bonds is 4. The zero-order valence-corrected chi connectivity index (χ0v) is 11.3. The van der Waals surface area contributed by atoms with E-state index in [0.29, 0.717) is 23.8 Å². The largest absolute Gasteiger partial charge is 0.490 e. The van der Waals surface area contributed by atoms with E-state index in [-0.39, 0.29) is 5.82 Å². The third kappa shape index (κ3) is 2.62. The van der Waals surface area contributed by atoms with Crippen molar-refractivity contribution in [3.05, 3.63) is 29.6 Å². The molecule has 2 bridgehead atoms. The van der Waals surface area contributed by atoms with E-state index in [2.05, 4.69) is 0 Å². The summed E-state index contributed by atoms with van der Waals surface area (Å²) >= 11 is 0. The molecule has 3 unspecified atom stereocenters. The summed E-state index contributed by atoms with van der Waals surface area (Å²) in [6, 6.07) is 4.72. The highest BCUT2D eigenvalue weighted by molar-refractivity contribution is 5.30. The topological polar surface area (TPSA) is 29.5 Å². The predicted octanol–water partition coefficient (Wildman–Crippen LogP) is 3.69. The third-order valence-electron chi connectivity index (χ3n) is 4.78. The van der Waals surface area contributed by atoms with Gasteiger partial charge in [0.1, 0.15) is 0 Å². The van der Waals surface area contributed by atoms with Gasteiger partial charge in [-0.1, -0.05) is 12.5 Å². The fourth-order valence-electron chi connectivity index (χ4n) is 3.67. The van der Waals surface area contributed by atoms with Gasteiger partial charge in [-0.15, -0.1) is 0 Å². The van der Waals surface area contributed by atoms with E-state index in [1.165, 1.54) is 31.7 Å². The minimum atomic E-state index is -0.644. The Balaban J connectivity index is 1.61. The van der Waals surface area contributed by atoms with Crippen LogP contribution in [0.2, 0.25) is 0 Å². The van der Waals surface area contributed by atoms with Gasteiger partial charge in [-0.25, -0.2) is 4.39 Å². The Hall–Kier alpha value is -1.09. The van der Waals surface area contributed by atoms with Crippen molar-refractivity contribution in [2.75, 3.05) is 6.61 Å². The Bertz CT molecular complexity index is 458. The summed E-state index contributed by atoms with van der Waals surface area (Å²) < 4.78 is 19.5. The molecule has 0 radical (unpaired) electrons. The maximum atomic E-state index is 13.8. The number of ether oxygens (including phenoxy) is 1. The van der Waals surface area contributed by atoms with E-state index in [1.807, 2.05) is 0 Å². The molecule has 3 rings (SSSR count). The van der Waals surface area contributed by atoms with Crippen molar-refractivity contribution in [2.45, 2.75) is 38.7 Å². The monoisotopic (exact) mass is 264 g/mol. The highest BCUT2D eigenvalue weighted by Crippen LogP contribution is 2.48. The fraction of sp³-hybridized carbons (Fsp3) is 0.625. The van der Waals surface area contributed by atoms with Crippen LogP contribution in [-0.4, -0.2) is 11.7 Å². The van der Waals surface area contributed by atoms with Gasteiger partial charge in [-0.3, -0.25) is 0 Å². The lowest BCUT2D eigenvalue weighted by molar-refractivity contribution is 0.187. The van der Waals surface area contributed by atoms with Crippen LogP contribution < -0.4 is 4.74 Å². The average Bonchev–Trinajstić information content (AvgIpc) is 2.99. The first-order valence-corrected chi connectivity index (χ1v) is 7.24. The van der Waals surface area contributed by atoms with Crippen molar-refractivity contribution in [3.8, 4) is 5.75 Å². The summed E-state index contributed by atoms with van der Waals surface area (Å²) in [5.41, 5.74) is 0.588. The van der Waals surface area contributed by atoms with Crippen LogP contribution in [0.5, 0.6) is 5.75 Å². The van der Waals surface area contributed by atoms with Crippen molar-refractivity contribution < 1.29 is 14.2 Å². The molecule has 0 aromatic heterocycles. The van der Waals surface area contributed by atoms with Crippen LogP contribution >= 0.6 is 0 Å². The van der Waals surface area contributed by atoms with Crippen LogP contribution in [0.3, 0.4) is 0 Å². The number of fused-ring (bicyclic) bond motifs is 2. The molecule has 2 aliphatic rings. The summed E-state index contributed by atoms with van der Waals surface area (Å²) in [6.07, 6.45) is 4.64. The summed E-state index contributed by atoms with van der Waals surface area (Å²) in [5, 5.41) is 9.41. The number of hydrogen-bond acceptors (Lipinski definition) is 2. The normalized spacial score (nSPS) is 30.6. The van der Waals surface area contributed by atoms with Gasteiger partial charge in [-0.2, -0.15) is 0 Å². The minimum absolute atomic E-state index is 0.312. The Morgan fingerprint density at radius 3 is 2.79 bits per heavy atom. The van der Waals surface area contributed by atoms with Gasteiger partial charge >= 0.3 is 0 Å². The first-order chi connectivity index (χ1) is 9.13. The van der Waals surface area contributed by atoms with E-state index < -0.39 is 6.10 Å². The van der Waals surface area contributed by atoms with E-state index in [0.717, 1.165) is 11.8 Å². The molecule has 4 atom stereocenters. The predicted molar refractivity (Wildman–Crippen MR) is 71.5 cm³/mol. The number of aliphatic hydroxyl groups excluding tert-OH is 1. The highest BCUT2D eigenvalue weighted by Gasteiger charge is 2.39. The standard InChI is InChI=1S/C16H21FO2/c1-10(18)12-4-5-16(15(17)8-12)19-9-14-7-11-2-3-13(14)6-11/h4-5,8,10-11,13-14,18H,2-3,6-7,9H2,1H3/t10-,11?,13?,14?/m1/s1. The lowest BCUT2D eigenvalue weighted by Crippen LogP contribution is -2.18. The Labute approximate surface area is 113 Å². The number of aliphatic hydroxyl groups is 1. The molecule has 0 amide bonds. The Morgan fingerprint density at radius 2 is 2.21 bits per heavy atom. The molecule has 2 nitrogen and oxygen atoms in total. The number of halogens is 1. The van der Waals surface area contributed by atoms with Crippen molar-refractivity contribution in [2.24, 2.45) is 17.8 Å². The van der Waals surface area contributed by atoms with E-state index in [9.17, 15) is 9.50 Å². The summed E-state index contributed by atoms with van der Waals surface area (Å²) in [5.74, 6) is 2.23. The van der Waals surface area contributed by atoms with Crippen LogP contribution in [0.15, 0.2) is 18.2 Å². The van der Waals surface area contributed by atoms with Crippen molar-refractivity contribution in [3.63, 3.8) is 0 Å². The molecule has 0 spiro atoms. The molecule has 2 fully saturated rings. The molecule has 1 N–H and O–H groups in total. The van der Waals surface area contributed by atoms with Gasteiger partial charge in [0.05, 0.1) is 12.7 Å². The van der Waals surface area contributed by atoms with Crippen molar-refractivity contribution >= 4 is 0 Å². The number of hydrogen-bond donors (Lipinski definition) is 1. The Kier molecular flexibility index (Phi) is 3.48. The lowest BCUT2D eigenvalue weighted by atomic mass is 9.89. The molecule has 2 aliphatic carbocycles. The van der Waals surface area contributed by atoms with Gasteiger partial charge < -0.3 is 9.84 Å². The minimum Gasteiger partial charge on any atom is -0.490 e. The lowest BCUT2D eigenvalue weighted by Gasteiger charge is -2.22. The molecular formula is C16H21FO2. The van der Waals surface area contributed by atoms with Crippen LogP contribution in [0.4, 0.5) is 4.39 Å². The smallest absolute Gasteiger partial charge is 0.165 e. The van der Waals surface area contributed by atoms with Crippen molar-refractivity contribution in [1.29, 1.82) is 0 Å². The highest BCUT2D eigenvalue weighted by atomic mass is 19.1. The van der Waals surface area contributed by atoms with Gasteiger partial charge in [0, 0.05) is 0 Å². The van der Waals surface area contributed by atoms with E-state index >= 15 is 0 Å². The summed E-state index contributed by atoms with van der Waals surface area (Å²) in [7, 11) is 0. The van der Waals surface area contributed by atoms with E-state index in [4.69, 9.17) is 4.74 Å². The first-order valence-electron chi connectivity index (χ1n) is 7.24. The molecule has 3 heteroatoms. The molecule has 0 saturated heterocycles. The van der Waals surface area contributed by atoms with Gasteiger partial charge in [-0.05, 0) is 61.6 Å². The van der Waals surface area contributed by atoms with Crippen LogP contribution in [0.25, 0.3) is 0 Å². The Morgan fingerprint density at radius 1 is 1.37 bits per heavy atom.